The lowest BCUT2D eigenvalue weighted by Gasteiger charge is -2.24. The van der Waals surface area contributed by atoms with Gasteiger partial charge >= 0.3 is 0 Å². The number of hydrogen-bond donors (Lipinski definition) is 2. The largest absolute Gasteiger partial charge is 0.506 e. The number of ether oxygens (including phenoxy) is 2. The molecule has 2 rings (SSSR count). The first-order valence-electron chi connectivity index (χ1n) is 5.16. The highest BCUT2D eigenvalue weighted by atomic mass is 35.5. The van der Waals surface area contributed by atoms with Crippen LogP contribution in [0.1, 0.15) is 18.4 Å². The second-order valence-corrected chi connectivity index (χ2v) is 4.19. The van der Waals surface area contributed by atoms with Crippen molar-refractivity contribution in [3.8, 4) is 17.2 Å². The first-order valence-corrected chi connectivity index (χ1v) is 5.54. The topological polar surface area (TPSA) is 64.7 Å². The van der Waals surface area contributed by atoms with E-state index in [0.717, 1.165) is 0 Å². The molecule has 1 aliphatic rings. The summed E-state index contributed by atoms with van der Waals surface area (Å²) in [5, 5.41) is 10.2. The van der Waals surface area contributed by atoms with Gasteiger partial charge in [-0.2, -0.15) is 0 Å². The zero-order valence-electron chi connectivity index (χ0n) is 9.00. The summed E-state index contributed by atoms with van der Waals surface area (Å²) >= 11 is 5.93. The Balaban J connectivity index is 2.59. The maximum atomic E-state index is 9.93. The van der Waals surface area contributed by atoms with Crippen LogP contribution in [0.5, 0.6) is 17.2 Å². The summed E-state index contributed by atoms with van der Waals surface area (Å²) in [6.07, 6.45) is 0. The van der Waals surface area contributed by atoms with Crippen LogP contribution < -0.4 is 15.2 Å². The Labute approximate surface area is 98.9 Å². The Morgan fingerprint density at radius 1 is 1.50 bits per heavy atom. The van der Waals surface area contributed by atoms with E-state index >= 15 is 0 Å². The predicted octanol–water partition coefficient (Wildman–Crippen LogP) is 1.88. The summed E-state index contributed by atoms with van der Waals surface area (Å²) < 4.78 is 10.9. The third-order valence-corrected chi connectivity index (χ3v) is 2.93. The van der Waals surface area contributed by atoms with Gasteiger partial charge in [-0.3, -0.25) is 0 Å². The molecule has 0 spiro atoms. The zero-order valence-corrected chi connectivity index (χ0v) is 9.75. The maximum absolute atomic E-state index is 9.93. The number of hydrogen-bond acceptors (Lipinski definition) is 4. The SMILES string of the molecule is CC(CN)c1c(O)c(Cl)cc2c1OCCO2. The van der Waals surface area contributed by atoms with Crippen LogP contribution in [0.2, 0.25) is 5.02 Å². The molecule has 1 heterocycles. The summed E-state index contributed by atoms with van der Waals surface area (Å²) in [4.78, 5) is 0. The van der Waals surface area contributed by atoms with E-state index < -0.39 is 0 Å². The van der Waals surface area contributed by atoms with Gasteiger partial charge in [0.15, 0.2) is 11.5 Å². The zero-order chi connectivity index (χ0) is 11.7. The van der Waals surface area contributed by atoms with Crippen LogP contribution in [-0.2, 0) is 0 Å². The van der Waals surface area contributed by atoms with Crippen molar-refractivity contribution in [2.75, 3.05) is 19.8 Å². The number of aromatic hydroxyl groups is 1. The fraction of sp³-hybridized carbons (Fsp3) is 0.455. The highest BCUT2D eigenvalue weighted by molar-refractivity contribution is 6.32. The molecule has 4 nitrogen and oxygen atoms in total. The molecule has 5 heteroatoms. The van der Waals surface area contributed by atoms with E-state index in [1.807, 2.05) is 6.92 Å². The van der Waals surface area contributed by atoms with E-state index in [2.05, 4.69) is 0 Å². The van der Waals surface area contributed by atoms with Crippen molar-refractivity contribution in [2.24, 2.45) is 5.73 Å². The van der Waals surface area contributed by atoms with Crippen LogP contribution in [0.25, 0.3) is 0 Å². The minimum absolute atomic E-state index is 0.0314. The van der Waals surface area contributed by atoms with E-state index in [9.17, 15) is 5.11 Å². The number of halogens is 1. The van der Waals surface area contributed by atoms with Gasteiger partial charge in [0.1, 0.15) is 19.0 Å². The lowest BCUT2D eigenvalue weighted by molar-refractivity contribution is 0.168. The molecule has 1 aliphatic heterocycles. The molecule has 1 aromatic carbocycles. The minimum Gasteiger partial charge on any atom is -0.506 e. The molecule has 0 fully saturated rings. The van der Waals surface area contributed by atoms with Crippen LogP contribution in [0, 0.1) is 0 Å². The van der Waals surface area contributed by atoms with Gasteiger partial charge in [-0.15, -0.1) is 0 Å². The van der Waals surface area contributed by atoms with Gasteiger partial charge in [0.25, 0.3) is 0 Å². The summed E-state index contributed by atoms with van der Waals surface area (Å²) in [6, 6.07) is 1.57. The Morgan fingerprint density at radius 2 is 2.19 bits per heavy atom. The number of phenolic OH excluding ortho intramolecular Hbond substituents is 1. The first-order chi connectivity index (χ1) is 7.65. The number of fused-ring (bicyclic) bond motifs is 1. The highest BCUT2D eigenvalue weighted by Crippen LogP contribution is 2.46. The van der Waals surface area contributed by atoms with Crippen molar-refractivity contribution in [3.05, 3.63) is 16.7 Å². The average molecular weight is 244 g/mol. The van der Waals surface area contributed by atoms with Crippen molar-refractivity contribution >= 4 is 11.6 Å². The Bertz CT molecular complexity index is 409. The highest BCUT2D eigenvalue weighted by Gasteiger charge is 2.25. The van der Waals surface area contributed by atoms with E-state index in [1.54, 1.807) is 6.07 Å². The van der Waals surface area contributed by atoms with Gasteiger partial charge in [-0.1, -0.05) is 18.5 Å². The smallest absolute Gasteiger partial charge is 0.168 e. The van der Waals surface area contributed by atoms with Gasteiger partial charge < -0.3 is 20.3 Å². The Hall–Kier alpha value is -1.13. The molecular weight excluding hydrogens is 230 g/mol. The second-order valence-electron chi connectivity index (χ2n) is 3.78. The molecule has 0 saturated carbocycles. The third kappa shape index (κ3) is 1.79. The maximum Gasteiger partial charge on any atom is 0.168 e. The molecule has 1 aromatic rings. The van der Waals surface area contributed by atoms with Crippen molar-refractivity contribution in [1.82, 2.24) is 0 Å². The van der Waals surface area contributed by atoms with Crippen LogP contribution in [0.3, 0.4) is 0 Å². The number of benzene rings is 1. The first kappa shape index (κ1) is 11.4. The molecule has 1 unspecified atom stereocenters. The summed E-state index contributed by atoms with van der Waals surface area (Å²) in [5.74, 6) is 1.13. The van der Waals surface area contributed by atoms with Crippen LogP contribution in [0.4, 0.5) is 0 Å². The Morgan fingerprint density at radius 3 is 2.88 bits per heavy atom. The quantitative estimate of drug-likeness (QED) is 0.833. The van der Waals surface area contributed by atoms with Crippen LogP contribution in [-0.4, -0.2) is 24.9 Å². The van der Waals surface area contributed by atoms with Gasteiger partial charge in [0.2, 0.25) is 0 Å². The Kier molecular flexibility index (Phi) is 3.12. The van der Waals surface area contributed by atoms with Crippen LogP contribution in [0.15, 0.2) is 6.07 Å². The normalized spacial score (nSPS) is 15.9. The number of nitrogens with two attached hydrogens (primary N) is 1. The molecule has 88 valence electrons. The standard InChI is InChI=1S/C11H14ClNO3/c1-6(5-13)9-10(14)7(12)4-8-11(9)16-3-2-15-8/h4,6,14H,2-3,5,13H2,1H3. The lowest BCUT2D eigenvalue weighted by Crippen LogP contribution is -2.19. The molecule has 0 amide bonds. The van der Waals surface area contributed by atoms with Crippen molar-refractivity contribution < 1.29 is 14.6 Å². The van der Waals surface area contributed by atoms with Gasteiger partial charge in [0.05, 0.1) is 5.02 Å². The fourth-order valence-corrected chi connectivity index (χ4v) is 1.95. The van der Waals surface area contributed by atoms with E-state index in [0.29, 0.717) is 36.8 Å². The molecular formula is C11H14ClNO3. The molecule has 0 radical (unpaired) electrons. The van der Waals surface area contributed by atoms with Gasteiger partial charge in [0, 0.05) is 17.5 Å². The van der Waals surface area contributed by atoms with Crippen molar-refractivity contribution in [1.29, 1.82) is 0 Å². The van der Waals surface area contributed by atoms with Crippen molar-refractivity contribution in [2.45, 2.75) is 12.8 Å². The average Bonchev–Trinajstić information content (AvgIpc) is 2.30. The molecule has 16 heavy (non-hydrogen) atoms. The molecule has 1 atom stereocenters. The number of phenols is 1. The van der Waals surface area contributed by atoms with Crippen molar-refractivity contribution in [3.63, 3.8) is 0 Å². The van der Waals surface area contributed by atoms with Crippen LogP contribution >= 0.6 is 11.6 Å². The summed E-state index contributed by atoms with van der Waals surface area (Å²) in [6.45, 7) is 3.27. The third-order valence-electron chi connectivity index (χ3n) is 2.64. The van der Waals surface area contributed by atoms with E-state index in [-0.39, 0.29) is 16.7 Å². The molecule has 0 aliphatic carbocycles. The monoisotopic (exact) mass is 243 g/mol. The second kappa shape index (κ2) is 4.39. The van der Waals surface area contributed by atoms with E-state index in [1.165, 1.54) is 0 Å². The minimum atomic E-state index is -0.0332. The molecule has 0 saturated heterocycles. The molecule has 0 bridgehead atoms. The van der Waals surface area contributed by atoms with Gasteiger partial charge in [-0.05, 0) is 6.54 Å². The lowest BCUT2D eigenvalue weighted by atomic mass is 9.98. The molecule has 0 aromatic heterocycles. The fourth-order valence-electron chi connectivity index (χ4n) is 1.74. The number of rotatable bonds is 2. The molecule has 3 N–H and O–H groups in total. The van der Waals surface area contributed by atoms with Gasteiger partial charge in [-0.25, -0.2) is 0 Å². The summed E-state index contributed by atoms with van der Waals surface area (Å²) in [5.41, 5.74) is 6.23. The summed E-state index contributed by atoms with van der Waals surface area (Å²) in [7, 11) is 0. The van der Waals surface area contributed by atoms with E-state index in [4.69, 9.17) is 26.8 Å². The predicted molar refractivity (Wildman–Crippen MR) is 61.6 cm³/mol.